The monoisotopic (exact) mass is 230 g/mol. The van der Waals surface area contributed by atoms with Crippen LogP contribution in [-0.2, 0) is 11.2 Å². The molecule has 4 nitrogen and oxygen atoms in total. The summed E-state index contributed by atoms with van der Waals surface area (Å²) in [4.78, 5) is 11.7. The van der Waals surface area contributed by atoms with E-state index in [0.29, 0.717) is 6.42 Å². The Balaban J connectivity index is 2.00. The van der Waals surface area contributed by atoms with Crippen molar-refractivity contribution in [3.05, 3.63) is 29.3 Å². The first-order valence-corrected chi connectivity index (χ1v) is 5.83. The average Bonchev–Trinajstić information content (AvgIpc) is 2.83. The van der Waals surface area contributed by atoms with Gasteiger partial charge < -0.3 is 5.11 Å². The lowest BCUT2D eigenvalue weighted by Gasteiger charge is -2.14. The van der Waals surface area contributed by atoms with E-state index in [9.17, 15) is 9.90 Å². The number of aliphatic hydroxyl groups is 1. The fourth-order valence-corrected chi connectivity index (χ4v) is 2.46. The summed E-state index contributed by atoms with van der Waals surface area (Å²) < 4.78 is 0. The third-order valence-corrected chi connectivity index (χ3v) is 3.33. The molecule has 1 unspecified atom stereocenters. The smallest absolute Gasteiger partial charge is 0.253 e. The lowest BCUT2D eigenvalue weighted by molar-refractivity contribution is -0.116. The normalized spacial score (nSPS) is 22.9. The Morgan fingerprint density at radius 2 is 2.29 bits per heavy atom. The number of fused-ring (bicyclic) bond motifs is 1. The van der Waals surface area contributed by atoms with E-state index in [0.717, 1.165) is 29.8 Å². The predicted octanol–water partition coefficient (Wildman–Crippen LogP) is 1.78. The molecule has 0 saturated heterocycles. The molecule has 88 valence electrons. The Morgan fingerprint density at radius 1 is 1.47 bits per heavy atom. The highest BCUT2D eigenvalue weighted by molar-refractivity contribution is 6.12. The van der Waals surface area contributed by atoms with E-state index in [1.165, 1.54) is 10.6 Å². The van der Waals surface area contributed by atoms with Crippen LogP contribution >= 0.6 is 0 Å². The van der Waals surface area contributed by atoms with Crippen LogP contribution in [0.2, 0.25) is 0 Å². The van der Waals surface area contributed by atoms with Gasteiger partial charge in [-0.3, -0.25) is 4.79 Å². The highest BCUT2D eigenvalue weighted by Gasteiger charge is 2.26. The number of aliphatic hydroxyl groups excluding tert-OH is 1. The Bertz CT molecular complexity index is 522. The zero-order chi connectivity index (χ0) is 12.0. The van der Waals surface area contributed by atoms with Crippen LogP contribution in [0.15, 0.2) is 23.3 Å². The number of hydrogen-bond acceptors (Lipinski definition) is 3. The average molecular weight is 230 g/mol. The largest absolute Gasteiger partial charge is 0.388 e. The fourth-order valence-electron chi connectivity index (χ4n) is 2.46. The van der Waals surface area contributed by atoms with Gasteiger partial charge in [0.15, 0.2) is 0 Å². The van der Waals surface area contributed by atoms with E-state index >= 15 is 0 Å². The van der Waals surface area contributed by atoms with Crippen molar-refractivity contribution < 1.29 is 9.90 Å². The maximum Gasteiger partial charge on any atom is 0.253 e. The lowest BCUT2D eigenvalue weighted by Crippen LogP contribution is -2.19. The molecule has 4 heteroatoms. The predicted molar refractivity (Wildman–Crippen MR) is 64.9 cm³/mol. The van der Waals surface area contributed by atoms with Crippen molar-refractivity contribution in [3.8, 4) is 0 Å². The number of nitrogens with zero attached hydrogens (tertiary/aromatic N) is 2. The van der Waals surface area contributed by atoms with Gasteiger partial charge in [0, 0.05) is 5.71 Å². The molecule has 0 fully saturated rings. The van der Waals surface area contributed by atoms with Gasteiger partial charge in [-0.2, -0.15) is 5.10 Å². The van der Waals surface area contributed by atoms with Crippen molar-refractivity contribution in [3.63, 3.8) is 0 Å². The Morgan fingerprint density at radius 3 is 3.00 bits per heavy atom. The van der Waals surface area contributed by atoms with Crippen LogP contribution < -0.4 is 5.01 Å². The molecule has 1 aliphatic carbocycles. The number of hydrogen-bond donors (Lipinski definition) is 1. The van der Waals surface area contributed by atoms with E-state index in [-0.39, 0.29) is 5.91 Å². The summed E-state index contributed by atoms with van der Waals surface area (Å²) in [5.41, 5.74) is 3.70. The second-order valence-corrected chi connectivity index (χ2v) is 4.66. The van der Waals surface area contributed by atoms with E-state index in [2.05, 4.69) is 5.10 Å². The number of hydrazone groups is 1. The summed E-state index contributed by atoms with van der Waals surface area (Å²) in [5, 5.41) is 15.5. The third kappa shape index (κ3) is 1.65. The molecule has 1 amide bonds. The van der Waals surface area contributed by atoms with Crippen LogP contribution in [0.1, 0.15) is 37.0 Å². The van der Waals surface area contributed by atoms with Crippen LogP contribution in [0.3, 0.4) is 0 Å². The fraction of sp³-hybridized carbons (Fsp3) is 0.385. The molecular weight excluding hydrogens is 216 g/mol. The molecule has 1 atom stereocenters. The molecule has 1 aromatic rings. The number of rotatable bonds is 1. The van der Waals surface area contributed by atoms with Gasteiger partial charge in [0.1, 0.15) is 0 Å². The van der Waals surface area contributed by atoms with E-state index in [1.807, 2.05) is 25.1 Å². The molecule has 0 aromatic heterocycles. The van der Waals surface area contributed by atoms with E-state index < -0.39 is 6.10 Å². The summed E-state index contributed by atoms with van der Waals surface area (Å²) in [5.74, 6) is -0.00469. The van der Waals surface area contributed by atoms with Gasteiger partial charge in [-0.25, -0.2) is 5.01 Å². The van der Waals surface area contributed by atoms with Gasteiger partial charge in [0.2, 0.25) is 0 Å². The second kappa shape index (κ2) is 3.67. The molecule has 0 radical (unpaired) electrons. The van der Waals surface area contributed by atoms with Crippen molar-refractivity contribution in [2.45, 2.75) is 32.3 Å². The topological polar surface area (TPSA) is 52.9 Å². The molecule has 0 bridgehead atoms. The molecule has 0 spiro atoms. The maximum absolute atomic E-state index is 11.7. The Hall–Kier alpha value is -1.68. The minimum Gasteiger partial charge on any atom is -0.388 e. The summed E-state index contributed by atoms with van der Waals surface area (Å²) in [6, 6.07) is 5.77. The first-order chi connectivity index (χ1) is 8.15. The number of carbonyl (C=O) groups excluding carboxylic acids is 1. The second-order valence-electron chi connectivity index (χ2n) is 4.66. The van der Waals surface area contributed by atoms with Crippen LogP contribution in [0.25, 0.3) is 0 Å². The number of benzene rings is 1. The quantitative estimate of drug-likeness (QED) is 0.799. The van der Waals surface area contributed by atoms with Crippen LogP contribution in [0.5, 0.6) is 0 Å². The van der Waals surface area contributed by atoms with E-state index in [4.69, 9.17) is 0 Å². The molecular formula is C13H14N2O2. The molecule has 1 heterocycles. The number of amides is 1. The van der Waals surface area contributed by atoms with Crippen molar-refractivity contribution in [1.29, 1.82) is 0 Å². The lowest BCUT2D eigenvalue weighted by atomic mass is 10.1. The summed E-state index contributed by atoms with van der Waals surface area (Å²) in [7, 11) is 0. The molecule has 1 aromatic carbocycles. The van der Waals surface area contributed by atoms with Gasteiger partial charge in [0.25, 0.3) is 5.91 Å². The van der Waals surface area contributed by atoms with Crippen LogP contribution in [0.4, 0.5) is 5.69 Å². The highest BCUT2D eigenvalue weighted by atomic mass is 16.3. The van der Waals surface area contributed by atoms with Gasteiger partial charge in [-0.1, -0.05) is 6.07 Å². The summed E-state index contributed by atoms with van der Waals surface area (Å²) in [6.07, 6.45) is 1.68. The number of aryl methyl sites for hydroxylation is 1. The molecule has 1 aliphatic heterocycles. The van der Waals surface area contributed by atoms with Crippen LogP contribution in [-0.4, -0.2) is 16.7 Å². The minimum atomic E-state index is -0.396. The first kappa shape index (κ1) is 10.5. The van der Waals surface area contributed by atoms with Crippen molar-refractivity contribution in [1.82, 2.24) is 0 Å². The molecule has 1 N–H and O–H groups in total. The molecule has 17 heavy (non-hydrogen) atoms. The zero-order valence-electron chi connectivity index (χ0n) is 9.68. The zero-order valence-corrected chi connectivity index (χ0v) is 9.68. The molecule has 3 rings (SSSR count). The van der Waals surface area contributed by atoms with Gasteiger partial charge in [-0.05, 0) is 43.0 Å². The number of carbonyl (C=O) groups is 1. The Labute approximate surface area is 99.6 Å². The summed E-state index contributed by atoms with van der Waals surface area (Å²) in [6.45, 7) is 1.85. The van der Waals surface area contributed by atoms with Crippen LogP contribution in [0, 0.1) is 0 Å². The standard InChI is InChI=1S/C13H14N2O2/c1-8-6-13(17)15(14-8)10-4-2-9-3-5-12(16)11(9)7-10/h2,4,7,12,16H,3,5-6H2,1H3. The minimum absolute atomic E-state index is 0.00469. The van der Waals surface area contributed by atoms with Gasteiger partial charge >= 0.3 is 0 Å². The van der Waals surface area contributed by atoms with Crippen molar-refractivity contribution >= 4 is 17.3 Å². The van der Waals surface area contributed by atoms with Gasteiger partial charge in [-0.15, -0.1) is 0 Å². The van der Waals surface area contributed by atoms with E-state index in [1.54, 1.807) is 0 Å². The van der Waals surface area contributed by atoms with Crippen molar-refractivity contribution in [2.24, 2.45) is 5.10 Å². The SMILES string of the molecule is CC1=NN(c2ccc3c(c2)C(O)CC3)C(=O)C1. The van der Waals surface area contributed by atoms with Crippen molar-refractivity contribution in [2.75, 3.05) is 5.01 Å². The first-order valence-electron chi connectivity index (χ1n) is 5.83. The summed E-state index contributed by atoms with van der Waals surface area (Å²) >= 11 is 0. The number of anilines is 1. The molecule has 2 aliphatic rings. The third-order valence-electron chi connectivity index (χ3n) is 3.33. The Kier molecular flexibility index (Phi) is 2.26. The highest BCUT2D eigenvalue weighted by Crippen LogP contribution is 2.34. The molecule has 0 saturated carbocycles. The maximum atomic E-state index is 11.7. The van der Waals surface area contributed by atoms with Gasteiger partial charge in [0.05, 0.1) is 18.2 Å².